The molecule has 1 aromatic rings. The van der Waals surface area contributed by atoms with Crippen molar-refractivity contribution in [1.82, 2.24) is 4.31 Å². The maximum atomic E-state index is 12.5. The zero-order valence-electron chi connectivity index (χ0n) is 10.9. The van der Waals surface area contributed by atoms with Crippen LogP contribution in [0.25, 0.3) is 0 Å². The fraction of sp³-hybridized carbons (Fsp3) is 0.364. The standard InChI is InChI=1S/C11H15Br2N3O3S/c1-7(11(14)15-17)6-16(2)20(18,19)10-5-8(12)3-4-9(10)13/h3-5,7,17H,6H2,1-2H3,(H2,14,15). The zero-order chi connectivity index (χ0) is 15.5. The van der Waals surface area contributed by atoms with Crippen LogP contribution in [-0.4, -0.2) is 37.4 Å². The van der Waals surface area contributed by atoms with Crippen LogP contribution in [-0.2, 0) is 10.0 Å². The maximum Gasteiger partial charge on any atom is 0.244 e. The van der Waals surface area contributed by atoms with Gasteiger partial charge in [-0.25, -0.2) is 12.7 Å². The van der Waals surface area contributed by atoms with Gasteiger partial charge in [0.2, 0.25) is 10.0 Å². The monoisotopic (exact) mass is 427 g/mol. The van der Waals surface area contributed by atoms with Crippen LogP contribution in [0.1, 0.15) is 6.92 Å². The third kappa shape index (κ3) is 3.94. The minimum atomic E-state index is -3.66. The van der Waals surface area contributed by atoms with Crippen LogP contribution in [0.2, 0.25) is 0 Å². The minimum Gasteiger partial charge on any atom is -0.409 e. The number of hydrogen-bond donors (Lipinski definition) is 2. The number of sulfonamides is 1. The molecule has 0 aliphatic heterocycles. The van der Waals surface area contributed by atoms with Gasteiger partial charge in [-0.1, -0.05) is 28.0 Å². The Bertz CT molecular complexity index is 619. The molecule has 0 aliphatic carbocycles. The van der Waals surface area contributed by atoms with Gasteiger partial charge in [-0.05, 0) is 34.1 Å². The Labute approximate surface area is 134 Å². The summed E-state index contributed by atoms with van der Waals surface area (Å²) in [4.78, 5) is 0.154. The van der Waals surface area contributed by atoms with E-state index in [0.29, 0.717) is 8.95 Å². The summed E-state index contributed by atoms with van der Waals surface area (Å²) >= 11 is 6.48. The predicted octanol–water partition coefficient (Wildman–Crippen LogP) is 2.21. The summed E-state index contributed by atoms with van der Waals surface area (Å²) in [5.41, 5.74) is 5.46. The van der Waals surface area contributed by atoms with Gasteiger partial charge in [0, 0.05) is 28.5 Å². The van der Waals surface area contributed by atoms with Crippen molar-refractivity contribution < 1.29 is 13.6 Å². The van der Waals surface area contributed by atoms with Crippen molar-refractivity contribution in [2.45, 2.75) is 11.8 Å². The first-order chi connectivity index (χ1) is 9.20. The van der Waals surface area contributed by atoms with Gasteiger partial charge in [0.15, 0.2) is 0 Å². The van der Waals surface area contributed by atoms with Crippen molar-refractivity contribution in [2.24, 2.45) is 16.8 Å². The summed E-state index contributed by atoms with van der Waals surface area (Å²) in [6, 6.07) is 4.91. The lowest BCUT2D eigenvalue weighted by molar-refractivity contribution is 0.312. The van der Waals surface area contributed by atoms with Crippen LogP contribution < -0.4 is 5.73 Å². The van der Waals surface area contributed by atoms with E-state index in [4.69, 9.17) is 10.9 Å². The van der Waals surface area contributed by atoms with Gasteiger partial charge in [-0.15, -0.1) is 0 Å². The highest BCUT2D eigenvalue weighted by atomic mass is 79.9. The first kappa shape index (κ1) is 17.4. The molecule has 0 amide bonds. The number of benzene rings is 1. The first-order valence-electron chi connectivity index (χ1n) is 5.59. The number of hydrogen-bond acceptors (Lipinski definition) is 4. The van der Waals surface area contributed by atoms with Gasteiger partial charge in [0.05, 0.1) is 4.90 Å². The molecular formula is C11H15Br2N3O3S. The lowest BCUT2D eigenvalue weighted by Gasteiger charge is -2.21. The first-order valence-corrected chi connectivity index (χ1v) is 8.61. The van der Waals surface area contributed by atoms with Crippen LogP contribution in [0.15, 0.2) is 37.2 Å². The van der Waals surface area contributed by atoms with Crippen LogP contribution in [0.4, 0.5) is 0 Å². The van der Waals surface area contributed by atoms with Crippen molar-refractivity contribution in [1.29, 1.82) is 0 Å². The van der Waals surface area contributed by atoms with Crippen LogP contribution in [0.5, 0.6) is 0 Å². The van der Waals surface area contributed by atoms with Crippen LogP contribution >= 0.6 is 31.9 Å². The Morgan fingerprint density at radius 3 is 2.65 bits per heavy atom. The van der Waals surface area contributed by atoms with E-state index in [9.17, 15) is 8.42 Å². The summed E-state index contributed by atoms with van der Waals surface area (Å²) in [6.45, 7) is 1.79. The topological polar surface area (TPSA) is 96.0 Å². The molecule has 0 bridgehead atoms. The third-order valence-electron chi connectivity index (χ3n) is 2.73. The fourth-order valence-electron chi connectivity index (χ4n) is 1.52. The summed E-state index contributed by atoms with van der Waals surface area (Å²) in [6.07, 6.45) is 0. The van der Waals surface area contributed by atoms with Gasteiger partial charge >= 0.3 is 0 Å². The summed E-state index contributed by atoms with van der Waals surface area (Å²) in [7, 11) is -2.22. The molecule has 0 fully saturated rings. The summed E-state index contributed by atoms with van der Waals surface area (Å²) in [5, 5.41) is 11.5. The smallest absolute Gasteiger partial charge is 0.244 e. The number of nitrogens with zero attached hydrogens (tertiary/aromatic N) is 2. The van der Waals surface area contributed by atoms with Gasteiger partial charge in [-0.2, -0.15) is 0 Å². The van der Waals surface area contributed by atoms with E-state index in [1.165, 1.54) is 17.4 Å². The molecule has 0 radical (unpaired) electrons. The second-order valence-corrected chi connectivity index (χ2v) is 8.07. The summed E-state index contributed by atoms with van der Waals surface area (Å²) in [5.74, 6) is -0.411. The highest BCUT2D eigenvalue weighted by Gasteiger charge is 2.26. The van der Waals surface area contributed by atoms with E-state index in [0.717, 1.165) is 0 Å². The fourth-order valence-corrected chi connectivity index (χ4v) is 4.24. The zero-order valence-corrected chi connectivity index (χ0v) is 14.9. The Hall–Kier alpha value is -0.640. The van der Waals surface area contributed by atoms with E-state index in [2.05, 4.69) is 37.0 Å². The highest BCUT2D eigenvalue weighted by Crippen LogP contribution is 2.28. The third-order valence-corrected chi connectivity index (χ3v) is 6.04. The van der Waals surface area contributed by atoms with Gasteiger partial charge in [0.1, 0.15) is 5.84 Å². The lowest BCUT2D eigenvalue weighted by atomic mass is 10.2. The van der Waals surface area contributed by atoms with Crippen molar-refractivity contribution in [3.8, 4) is 0 Å². The molecule has 1 atom stereocenters. The number of oxime groups is 1. The van der Waals surface area contributed by atoms with E-state index >= 15 is 0 Å². The maximum absolute atomic E-state index is 12.5. The number of amidine groups is 1. The van der Waals surface area contributed by atoms with Crippen molar-refractivity contribution in [3.05, 3.63) is 27.1 Å². The summed E-state index contributed by atoms with van der Waals surface area (Å²) < 4.78 is 27.3. The van der Waals surface area contributed by atoms with E-state index in [1.54, 1.807) is 19.1 Å². The van der Waals surface area contributed by atoms with Gasteiger partial charge in [-0.3, -0.25) is 0 Å². The molecule has 20 heavy (non-hydrogen) atoms. The Kier molecular flexibility index (Phi) is 5.99. The van der Waals surface area contributed by atoms with E-state index in [-0.39, 0.29) is 17.3 Å². The quantitative estimate of drug-likeness (QED) is 0.325. The Balaban J connectivity index is 3.07. The predicted molar refractivity (Wildman–Crippen MR) is 84.2 cm³/mol. The van der Waals surface area contributed by atoms with Crippen LogP contribution in [0.3, 0.4) is 0 Å². The normalized spacial score (nSPS) is 14.6. The SMILES string of the molecule is CC(CN(C)S(=O)(=O)c1cc(Br)ccc1Br)C(N)=NO. The second kappa shape index (κ2) is 6.88. The average molecular weight is 429 g/mol. The molecule has 0 aliphatic rings. The minimum absolute atomic E-state index is 0.0136. The molecule has 0 saturated heterocycles. The van der Waals surface area contributed by atoms with Crippen molar-refractivity contribution in [3.63, 3.8) is 0 Å². The molecule has 112 valence electrons. The molecule has 1 unspecified atom stereocenters. The largest absolute Gasteiger partial charge is 0.409 e. The van der Waals surface area contributed by atoms with Gasteiger partial charge < -0.3 is 10.9 Å². The lowest BCUT2D eigenvalue weighted by Crippen LogP contribution is -2.36. The van der Waals surface area contributed by atoms with Crippen molar-refractivity contribution >= 4 is 47.7 Å². The molecule has 1 rings (SSSR count). The molecule has 0 saturated carbocycles. The molecule has 6 nitrogen and oxygen atoms in total. The molecule has 0 aromatic heterocycles. The second-order valence-electron chi connectivity index (χ2n) is 4.29. The highest BCUT2D eigenvalue weighted by molar-refractivity contribution is 9.11. The average Bonchev–Trinajstić information content (AvgIpc) is 2.40. The molecule has 3 N–H and O–H groups in total. The van der Waals surface area contributed by atoms with Crippen molar-refractivity contribution in [2.75, 3.05) is 13.6 Å². The molecule has 0 heterocycles. The number of rotatable bonds is 5. The van der Waals surface area contributed by atoms with Gasteiger partial charge in [0.25, 0.3) is 0 Å². The Morgan fingerprint density at radius 2 is 2.10 bits per heavy atom. The molecule has 9 heteroatoms. The van der Waals surface area contributed by atoms with E-state index in [1.807, 2.05) is 0 Å². The Morgan fingerprint density at radius 1 is 1.50 bits per heavy atom. The molecular weight excluding hydrogens is 414 g/mol. The number of nitrogens with two attached hydrogens (primary N) is 1. The number of halogens is 2. The molecule has 0 spiro atoms. The van der Waals surface area contributed by atoms with Crippen LogP contribution in [0, 0.1) is 5.92 Å². The molecule has 1 aromatic carbocycles. The van der Waals surface area contributed by atoms with E-state index < -0.39 is 15.9 Å².